The SMILES string of the molecule is O=C(Cc1ccc2c(c1)OCCCO2)NCCSCc1nc2ccccc2c(=O)[nH]1. The maximum atomic E-state index is 12.2. The second-order valence-corrected chi connectivity index (χ2v) is 8.05. The van der Waals surface area contributed by atoms with Gasteiger partial charge < -0.3 is 19.8 Å². The second-order valence-electron chi connectivity index (χ2n) is 6.94. The van der Waals surface area contributed by atoms with E-state index in [0.717, 1.165) is 23.5 Å². The molecule has 0 saturated heterocycles. The van der Waals surface area contributed by atoms with Crippen LogP contribution in [-0.4, -0.2) is 41.4 Å². The van der Waals surface area contributed by atoms with E-state index in [9.17, 15) is 9.59 Å². The minimum absolute atomic E-state index is 0.0395. The van der Waals surface area contributed by atoms with Gasteiger partial charge in [0.25, 0.3) is 5.56 Å². The maximum Gasteiger partial charge on any atom is 0.258 e. The molecular formula is C22H23N3O4S. The molecule has 8 heteroatoms. The number of benzene rings is 2. The highest BCUT2D eigenvalue weighted by molar-refractivity contribution is 7.98. The molecule has 0 saturated carbocycles. The Hall–Kier alpha value is -3.00. The number of para-hydroxylation sites is 1. The largest absolute Gasteiger partial charge is 0.490 e. The van der Waals surface area contributed by atoms with Crippen LogP contribution in [0.1, 0.15) is 17.8 Å². The normalized spacial score (nSPS) is 13.1. The molecule has 1 aromatic heterocycles. The molecule has 0 unspecified atom stereocenters. The Morgan fingerprint density at radius 1 is 1.13 bits per heavy atom. The van der Waals surface area contributed by atoms with Crippen LogP contribution in [0.3, 0.4) is 0 Å². The van der Waals surface area contributed by atoms with Crippen molar-refractivity contribution in [3.05, 3.63) is 64.2 Å². The number of aromatic amines is 1. The van der Waals surface area contributed by atoms with E-state index in [0.29, 0.717) is 54.4 Å². The van der Waals surface area contributed by atoms with Gasteiger partial charge in [-0.25, -0.2) is 4.98 Å². The molecule has 0 aliphatic carbocycles. The highest BCUT2D eigenvalue weighted by Gasteiger charge is 2.12. The van der Waals surface area contributed by atoms with E-state index in [1.807, 2.05) is 36.4 Å². The Balaban J connectivity index is 1.22. The van der Waals surface area contributed by atoms with Crippen LogP contribution in [-0.2, 0) is 17.0 Å². The Morgan fingerprint density at radius 2 is 1.97 bits per heavy atom. The van der Waals surface area contributed by atoms with E-state index in [1.54, 1.807) is 17.8 Å². The summed E-state index contributed by atoms with van der Waals surface area (Å²) in [5.41, 5.74) is 1.46. The molecule has 0 radical (unpaired) electrons. The monoisotopic (exact) mass is 425 g/mol. The van der Waals surface area contributed by atoms with Crippen molar-refractivity contribution in [1.82, 2.24) is 15.3 Å². The lowest BCUT2D eigenvalue weighted by atomic mass is 10.1. The number of ether oxygens (including phenoxy) is 2. The molecule has 1 aliphatic heterocycles. The minimum atomic E-state index is -0.125. The molecule has 0 bridgehead atoms. The molecule has 156 valence electrons. The summed E-state index contributed by atoms with van der Waals surface area (Å²) in [5, 5.41) is 3.52. The summed E-state index contributed by atoms with van der Waals surface area (Å²) in [4.78, 5) is 31.6. The number of hydrogen-bond acceptors (Lipinski definition) is 6. The van der Waals surface area contributed by atoms with Crippen LogP contribution in [0, 0.1) is 0 Å². The molecule has 2 N–H and O–H groups in total. The zero-order valence-corrected chi connectivity index (χ0v) is 17.3. The first-order chi connectivity index (χ1) is 14.7. The second kappa shape index (κ2) is 9.67. The number of carbonyl (C=O) groups is 1. The van der Waals surface area contributed by atoms with Crippen LogP contribution in [0.5, 0.6) is 11.5 Å². The topological polar surface area (TPSA) is 93.3 Å². The van der Waals surface area contributed by atoms with Crippen molar-refractivity contribution in [3.8, 4) is 11.5 Å². The molecule has 7 nitrogen and oxygen atoms in total. The minimum Gasteiger partial charge on any atom is -0.490 e. The van der Waals surface area contributed by atoms with E-state index in [-0.39, 0.29) is 11.5 Å². The molecule has 0 spiro atoms. The average Bonchev–Trinajstić information content (AvgIpc) is 2.98. The summed E-state index contributed by atoms with van der Waals surface area (Å²) >= 11 is 1.61. The van der Waals surface area contributed by atoms with Crippen molar-refractivity contribution in [1.29, 1.82) is 0 Å². The average molecular weight is 426 g/mol. The van der Waals surface area contributed by atoms with E-state index >= 15 is 0 Å². The van der Waals surface area contributed by atoms with Crippen LogP contribution in [0.15, 0.2) is 47.3 Å². The fraction of sp³-hybridized carbons (Fsp3) is 0.318. The summed E-state index contributed by atoms with van der Waals surface area (Å²) in [5.74, 6) is 3.34. The van der Waals surface area contributed by atoms with Crippen LogP contribution in [0.4, 0.5) is 0 Å². The smallest absolute Gasteiger partial charge is 0.258 e. The van der Waals surface area contributed by atoms with Gasteiger partial charge in [0.1, 0.15) is 5.82 Å². The van der Waals surface area contributed by atoms with Crippen LogP contribution < -0.4 is 20.3 Å². The zero-order chi connectivity index (χ0) is 20.8. The molecule has 0 fully saturated rings. The van der Waals surface area contributed by atoms with Gasteiger partial charge in [-0.15, -0.1) is 0 Å². The Bertz CT molecular complexity index is 1100. The first-order valence-electron chi connectivity index (χ1n) is 9.90. The number of nitrogens with one attached hydrogen (secondary N) is 2. The molecule has 2 aromatic carbocycles. The summed E-state index contributed by atoms with van der Waals surface area (Å²) < 4.78 is 11.3. The fourth-order valence-electron chi connectivity index (χ4n) is 3.20. The Labute approximate surface area is 178 Å². The van der Waals surface area contributed by atoms with E-state index < -0.39 is 0 Å². The standard InChI is InChI=1S/C22H23N3O4S/c26-21(13-15-6-7-18-19(12-15)29-10-3-9-28-18)23-8-11-30-14-20-24-17-5-2-1-4-16(17)22(27)25-20/h1-2,4-7,12H,3,8-11,13-14H2,(H,23,26)(H,24,25,27). The van der Waals surface area contributed by atoms with Crippen LogP contribution >= 0.6 is 11.8 Å². The number of amides is 1. The van der Waals surface area contributed by atoms with Gasteiger partial charge in [-0.05, 0) is 29.8 Å². The van der Waals surface area contributed by atoms with E-state index in [1.165, 1.54) is 0 Å². The molecular weight excluding hydrogens is 402 g/mol. The number of aromatic nitrogens is 2. The van der Waals surface area contributed by atoms with Gasteiger partial charge in [0.2, 0.25) is 5.91 Å². The van der Waals surface area contributed by atoms with Crippen molar-refractivity contribution < 1.29 is 14.3 Å². The summed E-state index contributed by atoms with van der Waals surface area (Å²) in [6.45, 7) is 1.82. The third-order valence-corrected chi connectivity index (χ3v) is 5.62. The third-order valence-electron chi connectivity index (χ3n) is 4.65. The highest BCUT2D eigenvalue weighted by atomic mass is 32.2. The predicted octanol–water partition coefficient (Wildman–Crippen LogP) is 2.68. The van der Waals surface area contributed by atoms with Gasteiger partial charge in [-0.3, -0.25) is 9.59 Å². The van der Waals surface area contributed by atoms with Gasteiger partial charge in [-0.1, -0.05) is 18.2 Å². The lowest BCUT2D eigenvalue weighted by Crippen LogP contribution is -2.27. The number of carbonyl (C=O) groups excluding carboxylic acids is 1. The molecule has 3 aromatic rings. The lowest BCUT2D eigenvalue weighted by molar-refractivity contribution is -0.120. The van der Waals surface area contributed by atoms with Crippen LogP contribution in [0.2, 0.25) is 0 Å². The fourth-order valence-corrected chi connectivity index (χ4v) is 3.92. The number of H-pyrrole nitrogens is 1. The van der Waals surface area contributed by atoms with Gasteiger partial charge in [0.15, 0.2) is 11.5 Å². The Kier molecular flexibility index (Phi) is 6.53. The van der Waals surface area contributed by atoms with E-state index in [4.69, 9.17) is 9.47 Å². The lowest BCUT2D eigenvalue weighted by Gasteiger charge is -2.10. The molecule has 2 heterocycles. The summed E-state index contributed by atoms with van der Waals surface area (Å²) in [7, 11) is 0. The first kappa shape index (κ1) is 20.3. The quantitative estimate of drug-likeness (QED) is 0.566. The maximum absolute atomic E-state index is 12.2. The zero-order valence-electron chi connectivity index (χ0n) is 16.5. The summed E-state index contributed by atoms with van der Waals surface area (Å²) in [6, 6.07) is 12.9. The third kappa shape index (κ3) is 5.13. The number of rotatable bonds is 7. The van der Waals surface area contributed by atoms with Gasteiger partial charge >= 0.3 is 0 Å². The van der Waals surface area contributed by atoms with Gasteiger partial charge in [-0.2, -0.15) is 11.8 Å². The number of fused-ring (bicyclic) bond motifs is 2. The van der Waals surface area contributed by atoms with Crippen molar-refractivity contribution in [3.63, 3.8) is 0 Å². The Morgan fingerprint density at radius 3 is 2.87 bits per heavy atom. The molecule has 4 rings (SSSR count). The molecule has 30 heavy (non-hydrogen) atoms. The molecule has 1 amide bonds. The molecule has 0 atom stereocenters. The van der Waals surface area contributed by atoms with Crippen molar-refractivity contribution in [2.24, 2.45) is 0 Å². The number of thioether (sulfide) groups is 1. The van der Waals surface area contributed by atoms with Gasteiger partial charge in [0.05, 0.1) is 36.3 Å². The highest BCUT2D eigenvalue weighted by Crippen LogP contribution is 2.30. The number of nitrogens with zero attached hydrogens (tertiary/aromatic N) is 1. The first-order valence-corrected chi connectivity index (χ1v) is 11.1. The number of hydrogen-bond donors (Lipinski definition) is 2. The van der Waals surface area contributed by atoms with Crippen molar-refractivity contribution >= 4 is 28.6 Å². The predicted molar refractivity (Wildman–Crippen MR) is 117 cm³/mol. The van der Waals surface area contributed by atoms with E-state index in [2.05, 4.69) is 15.3 Å². The molecule has 1 aliphatic rings. The van der Waals surface area contributed by atoms with Crippen molar-refractivity contribution in [2.45, 2.75) is 18.6 Å². The van der Waals surface area contributed by atoms with Crippen molar-refractivity contribution in [2.75, 3.05) is 25.5 Å². The van der Waals surface area contributed by atoms with Crippen LogP contribution in [0.25, 0.3) is 10.9 Å². The van der Waals surface area contributed by atoms with Gasteiger partial charge in [0, 0.05) is 18.7 Å². The summed E-state index contributed by atoms with van der Waals surface area (Å²) in [6.07, 6.45) is 1.14.